The zero-order valence-electron chi connectivity index (χ0n) is 12.5. The predicted octanol–water partition coefficient (Wildman–Crippen LogP) is 2.32. The van der Waals surface area contributed by atoms with Gasteiger partial charge in [0.15, 0.2) is 5.82 Å². The molecule has 0 unspecified atom stereocenters. The van der Waals surface area contributed by atoms with Crippen LogP contribution in [0.3, 0.4) is 0 Å². The van der Waals surface area contributed by atoms with Gasteiger partial charge in [0.1, 0.15) is 6.61 Å². The lowest BCUT2D eigenvalue weighted by atomic mass is 10.1. The summed E-state index contributed by atoms with van der Waals surface area (Å²) in [5.41, 5.74) is 0.543. The number of nitrogens with zero attached hydrogens (tertiary/aromatic N) is 4. The molecule has 1 saturated carbocycles. The fourth-order valence-electron chi connectivity index (χ4n) is 2.70. The molecule has 0 atom stereocenters. The van der Waals surface area contributed by atoms with E-state index in [1.165, 1.54) is 25.7 Å². The van der Waals surface area contributed by atoms with E-state index in [0.29, 0.717) is 29.0 Å². The minimum Gasteiger partial charge on any atom is -0.377 e. The number of rotatable bonds is 6. The number of amides is 1. The number of methoxy groups -OCH3 is 1. The van der Waals surface area contributed by atoms with Gasteiger partial charge in [0.25, 0.3) is 5.91 Å². The Morgan fingerprint density at radius 1 is 1.50 bits per heavy atom. The first-order valence-corrected chi connectivity index (χ1v) is 8.17. The van der Waals surface area contributed by atoms with Crippen LogP contribution in [0.5, 0.6) is 0 Å². The fraction of sp³-hybridized carbons (Fsp3) is 0.571. The molecule has 118 valence electrons. The summed E-state index contributed by atoms with van der Waals surface area (Å²) in [6.45, 7) is 1.23. The standard InChI is InChI=1S/C14H19N5O2S/c1-21-9-12-16-14(22-18-12)17-13(20)11-6-15-19(8-11)7-10-4-2-3-5-10/h6,8,10H,2-5,7,9H2,1H3,(H,16,17,18,20). The van der Waals surface area contributed by atoms with Crippen molar-refractivity contribution in [3.05, 3.63) is 23.8 Å². The third kappa shape index (κ3) is 3.69. The van der Waals surface area contributed by atoms with Crippen LogP contribution in [0.25, 0.3) is 0 Å². The van der Waals surface area contributed by atoms with Crippen molar-refractivity contribution in [2.24, 2.45) is 5.92 Å². The molecule has 0 aliphatic heterocycles. The number of carbonyl (C=O) groups is 1. The molecule has 2 aromatic heterocycles. The normalized spacial score (nSPS) is 15.3. The summed E-state index contributed by atoms with van der Waals surface area (Å²) in [6, 6.07) is 0. The highest BCUT2D eigenvalue weighted by Gasteiger charge is 2.17. The van der Waals surface area contributed by atoms with Crippen LogP contribution in [0.1, 0.15) is 41.9 Å². The van der Waals surface area contributed by atoms with Crippen LogP contribution in [0.4, 0.5) is 5.13 Å². The third-order valence-electron chi connectivity index (χ3n) is 3.78. The van der Waals surface area contributed by atoms with Gasteiger partial charge in [-0.2, -0.15) is 9.47 Å². The first kappa shape index (κ1) is 15.1. The topological polar surface area (TPSA) is 81.9 Å². The van der Waals surface area contributed by atoms with E-state index >= 15 is 0 Å². The molecule has 7 nitrogen and oxygen atoms in total. The summed E-state index contributed by atoms with van der Waals surface area (Å²) < 4.78 is 10.9. The van der Waals surface area contributed by atoms with Crippen LogP contribution in [0.2, 0.25) is 0 Å². The smallest absolute Gasteiger partial charge is 0.260 e. The molecule has 0 saturated heterocycles. The molecule has 1 N–H and O–H groups in total. The maximum Gasteiger partial charge on any atom is 0.260 e. The number of ether oxygens (including phenoxy) is 1. The summed E-state index contributed by atoms with van der Waals surface area (Å²) in [6.07, 6.45) is 8.52. The van der Waals surface area contributed by atoms with Crippen LogP contribution in [0, 0.1) is 5.92 Å². The van der Waals surface area contributed by atoms with Gasteiger partial charge in [0.05, 0.1) is 11.8 Å². The highest BCUT2D eigenvalue weighted by Crippen LogP contribution is 2.26. The van der Waals surface area contributed by atoms with E-state index in [1.807, 2.05) is 4.68 Å². The van der Waals surface area contributed by atoms with Gasteiger partial charge in [-0.25, -0.2) is 4.98 Å². The number of hydrogen-bond acceptors (Lipinski definition) is 6. The molecule has 0 aromatic carbocycles. The van der Waals surface area contributed by atoms with E-state index in [-0.39, 0.29) is 5.91 Å². The SMILES string of the molecule is COCc1nsc(NC(=O)c2cnn(CC3CCCC3)c2)n1. The number of nitrogens with one attached hydrogen (secondary N) is 1. The largest absolute Gasteiger partial charge is 0.377 e. The average molecular weight is 321 g/mol. The van der Waals surface area contributed by atoms with E-state index < -0.39 is 0 Å². The van der Waals surface area contributed by atoms with Crippen molar-refractivity contribution in [2.45, 2.75) is 38.8 Å². The lowest BCUT2D eigenvalue weighted by Crippen LogP contribution is -2.11. The van der Waals surface area contributed by atoms with E-state index in [1.54, 1.807) is 19.5 Å². The number of carbonyl (C=O) groups excluding carboxylic acids is 1. The molecule has 0 radical (unpaired) electrons. The summed E-state index contributed by atoms with van der Waals surface area (Å²) in [5, 5.41) is 7.49. The van der Waals surface area contributed by atoms with Crippen molar-refractivity contribution in [1.82, 2.24) is 19.1 Å². The van der Waals surface area contributed by atoms with Crippen molar-refractivity contribution < 1.29 is 9.53 Å². The van der Waals surface area contributed by atoms with E-state index in [2.05, 4.69) is 19.8 Å². The molecule has 0 spiro atoms. The zero-order valence-corrected chi connectivity index (χ0v) is 13.3. The van der Waals surface area contributed by atoms with Gasteiger partial charge in [-0.05, 0) is 18.8 Å². The van der Waals surface area contributed by atoms with Crippen LogP contribution in [0.15, 0.2) is 12.4 Å². The van der Waals surface area contributed by atoms with Gasteiger partial charge >= 0.3 is 0 Å². The van der Waals surface area contributed by atoms with Crippen LogP contribution in [-0.4, -0.2) is 32.2 Å². The van der Waals surface area contributed by atoms with Crippen molar-refractivity contribution in [3.63, 3.8) is 0 Å². The minimum atomic E-state index is -0.210. The molecule has 1 fully saturated rings. The number of aromatic nitrogens is 4. The Labute approximate surface area is 132 Å². The maximum atomic E-state index is 12.2. The Kier molecular flexibility index (Phi) is 4.79. The first-order valence-electron chi connectivity index (χ1n) is 7.40. The average Bonchev–Trinajstić information content (AvgIpc) is 3.22. The Morgan fingerprint density at radius 2 is 2.32 bits per heavy atom. The lowest BCUT2D eigenvalue weighted by Gasteiger charge is -2.07. The van der Waals surface area contributed by atoms with Gasteiger partial charge in [-0.1, -0.05) is 12.8 Å². The zero-order chi connectivity index (χ0) is 15.4. The number of anilines is 1. The Hall–Kier alpha value is -1.80. The summed E-state index contributed by atoms with van der Waals surface area (Å²) in [4.78, 5) is 16.4. The number of hydrogen-bond donors (Lipinski definition) is 1. The molecule has 22 heavy (non-hydrogen) atoms. The van der Waals surface area contributed by atoms with E-state index in [9.17, 15) is 4.79 Å². The molecule has 3 rings (SSSR count). The van der Waals surface area contributed by atoms with Gasteiger partial charge in [-0.15, -0.1) is 0 Å². The second-order valence-electron chi connectivity index (χ2n) is 5.50. The van der Waals surface area contributed by atoms with E-state index in [0.717, 1.165) is 18.1 Å². The van der Waals surface area contributed by atoms with Crippen LogP contribution >= 0.6 is 11.5 Å². The Morgan fingerprint density at radius 3 is 3.09 bits per heavy atom. The molecular weight excluding hydrogens is 302 g/mol. The highest BCUT2D eigenvalue weighted by molar-refractivity contribution is 7.09. The Balaban J connectivity index is 1.58. The summed E-state index contributed by atoms with van der Waals surface area (Å²) in [7, 11) is 1.58. The van der Waals surface area contributed by atoms with Crippen molar-refractivity contribution in [1.29, 1.82) is 0 Å². The molecule has 1 aliphatic carbocycles. The van der Waals surface area contributed by atoms with Crippen molar-refractivity contribution in [2.75, 3.05) is 12.4 Å². The molecule has 8 heteroatoms. The molecule has 0 bridgehead atoms. The van der Waals surface area contributed by atoms with Gasteiger partial charge in [0.2, 0.25) is 5.13 Å². The van der Waals surface area contributed by atoms with Gasteiger partial charge in [0, 0.05) is 31.4 Å². The van der Waals surface area contributed by atoms with Gasteiger partial charge < -0.3 is 4.74 Å². The Bertz CT molecular complexity index is 633. The first-order chi connectivity index (χ1) is 10.7. The third-order valence-corrected chi connectivity index (χ3v) is 4.45. The maximum absolute atomic E-state index is 12.2. The van der Waals surface area contributed by atoms with Gasteiger partial charge in [-0.3, -0.25) is 14.8 Å². The van der Waals surface area contributed by atoms with E-state index in [4.69, 9.17) is 4.74 Å². The molecule has 2 aromatic rings. The second kappa shape index (κ2) is 6.97. The monoisotopic (exact) mass is 321 g/mol. The minimum absolute atomic E-state index is 0.210. The quantitative estimate of drug-likeness (QED) is 0.883. The lowest BCUT2D eigenvalue weighted by molar-refractivity contribution is 0.102. The summed E-state index contributed by atoms with van der Waals surface area (Å²) in [5.74, 6) is 1.05. The van der Waals surface area contributed by atoms with Crippen molar-refractivity contribution in [3.8, 4) is 0 Å². The van der Waals surface area contributed by atoms with Crippen molar-refractivity contribution >= 4 is 22.6 Å². The second-order valence-corrected chi connectivity index (χ2v) is 6.26. The predicted molar refractivity (Wildman–Crippen MR) is 82.8 cm³/mol. The summed E-state index contributed by atoms with van der Waals surface area (Å²) >= 11 is 1.15. The van der Waals surface area contributed by atoms with Crippen LogP contribution < -0.4 is 5.32 Å². The fourth-order valence-corrected chi connectivity index (χ4v) is 3.27. The molecule has 2 heterocycles. The van der Waals surface area contributed by atoms with Crippen LogP contribution in [-0.2, 0) is 17.9 Å². The molecular formula is C14H19N5O2S. The molecule has 1 aliphatic rings. The molecule has 1 amide bonds. The highest BCUT2D eigenvalue weighted by atomic mass is 32.1.